The van der Waals surface area contributed by atoms with Crippen LogP contribution in [0.3, 0.4) is 0 Å². The van der Waals surface area contributed by atoms with Gasteiger partial charge in [0.2, 0.25) is 5.91 Å². The fourth-order valence-electron chi connectivity index (χ4n) is 3.20. The third-order valence-corrected chi connectivity index (χ3v) is 4.57. The quantitative estimate of drug-likeness (QED) is 0.721. The number of carbonyl (C=O) groups is 2. The average Bonchev–Trinajstić information content (AvgIpc) is 3.29. The lowest BCUT2D eigenvalue weighted by Crippen LogP contribution is -2.50. The second kappa shape index (κ2) is 6.67. The van der Waals surface area contributed by atoms with Gasteiger partial charge in [-0.05, 0) is 29.8 Å². The molecule has 0 N–H and O–H groups in total. The molecule has 0 unspecified atom stereocenters. The summed E-state index contributed by atoms with van der Waals surface area (Å²) in [6.45, 7) is 3.86. The normalized spacial score (nSPS) is 14.8. The van der Waals surface area contributed by atoms with Crippen LogP contribution in [0.4, 0.5) is 0 Å². The Labute approximate surface area is 150 Å². The molecule has 7 heteroatoms. The summed E-state index contributed by atoms with van der Waals surface area (Å²) in [5.41, 5.74) is 2.39. The van der Waals surface area contributed by atoms with Crippen molar-refractivity contribution >= 4 is 22.9 Å². The van der Waals surface area contributed by atoms with Crippen LogP contribution in [-0.2, 0) is 11.2 Å². The number of nitrogens with zero attached hydrogens (tertiary/aromatic N) is 3. The Morgan fingerprint density at radius 3 is 2.62 bits per heavy atom. The maximum Gasteiger partial charge on any atom is 0.289 e. The summed E-state index contributed by atoms with van der Waals surface area (Å²) in [5, 5.41) is 0. The molecule has 1 aliphatic heterocycles. The molecule has 0 radical (unpaired) electrons. The molecule has 4 rings (SSSR count). The van der Waals surface area contributed by atoms with Gasteiger partial charge >= 0.3 is 0 Å². The largest absolute Gasteiger partial charge is 0.459 e. The second-order valence-electron chi connectivity index (χ2n) is 6.36. The topological polar surface area (TPSA) is 79.8 Å². The predicted octanol–water partition coefficient (Wildman–Crippen LogP) is 2.26. The molecule has 7 nitrogen and oxygen atoms in total. The van der Waals surface area contributed by atoms with Crippen LogP contribution in [0.2, 0.25) is 0 Å². The second-order valence-corrected chi connectivity index (χ2v) is 6.36. The Balaban J connectivity index is 1.36. The fourth-order valence-corrected chi connectivity index (χ4v) is 3.20. The number of carbonyl (C=O) groups excluding carboxylic acids is 2. The first kappa shape index (κ1) is 16.4. The summed E-state index contributed by atoms with van der Waals surface area (Å²) in [7, 11) is 0. The number of benzene rings is 1. The molecule has 1 fully saturated rings. The first-order valence-electron chi connectivity index (χ1n) is 8.57. The van der Waals surface area contributed by atoms with Gasteiger partial charge in [-0.2, -0.15) is 0 Å². The molecule has 0 spiro atoms. The third-order valence-electron chi connectivity index (χ3n) is 4.57. The van der Waals surface area contributed by atoms with Crippen molar-refractivity contribution in [2.75, 3.05) is 26.2 Å². The minimum absolute atomic E-state index is 0.0469. The van der Waals surface area contributed by atoms with Gasteiger partial charge in [0.05, 0.1) is 12.7 Å². The number of amides is 2. The van der Waals surface area contributed by atoms with Crippen LogP contribution in [0, 0.1) is 6.92 Å². The van der Waals surface area contributed by atoms with Gasteiger partial charge in [0.25, 0.3) is 5.91 Å². The number of aromatic nitrogens is 1. The van der Waals surface area contributed by atoms with Gasteiger partial charge in [-0.3, -0.25) is 9.59 Å². The zero-order valence-electron chi connectivity index (χ0n) is 14.5. The predicted molar refractivity (Wildman–Crippen MR) is 93.6 cm³/mol. The van der Waals surface area contributed by atoms with Crippen LogP contribution < -0.4 is 0 Å². The minimum atomic E-state index is -0.131. The summed E-state index contributed by atoms with van der Waals surface area (Å²) >= 11 is 0. The van der Waals surface area contributed by atoms with E-state index in [1.165, 1.54) is 6.26 Å². The van der Waals surface area contributed by atoms with E-state index in [9.17, 15) is 9.59 Å². The Bertz CT molecular complexity index is 937. The molecule has 134 valence electrons. The summed E-state index contributed by atoms with van der Waals surface area (Å²) in [4.78, 5) is 32.6. The Morgan fingerprint density at radius 2 is 1.88 bits per heavy atom. The van der Waals surface area contributed by atoms with E-state index in [1.54, 1.807) is 28.9 Å². The van der Waals surface area contributed by atoms with Crippen molar-refractivity contribution in [2.45, 2.75) is 13.3 Å². The van der Waals surface area contributed by atoms with Crippen molar-refractivity contribution in [1.29, 1.82) is 0 Å². The number of aryl methyl sites for hydroxylation is 1. The summed E-state index contributed by atoms with van der Waals surface area (Å²) in [6.07, 6.45) is 1.79. The molecule has 1 saturated heterocycles. The molecule has 3 heterocycles. The lowest BCUT2D eigenvalue weighted by molar-refractivity contribution is -0.131. The van der Waals surface area contributed by atoms with E-state index in [-0.39, 0.29) is 11.8 Å². The maximum atomic E-state index is 12.6. The molecule has 26 heavy (non-hydrogen) atoms. The van der Waals surface area contributed by atoms with Gasteiger partial charge in [0, 0.05) is 33.1 Å². The van der Waals surface area contributed by atoms with E-state index in [4.69, 9.17) is 8.83 Å². The number of rotatable bonds is 3. The summed E-state index contributed by atoms with van der Waals surface area (Å²) in [6, 6.07) is 8.98. The number of piperazine rings is 1. The van der Waals surface area contributed by atoms with Gasteiger partial charge < -0.3 is 18.6 Å². The molecule has 0 atom stereocenters. The molecule has 1 aliphatic rings. The van der Waals surface area contributed by atoms with Crippen molar-refractivity contribution < 1.29 is 18.4 Å². The van der Waals surface area contributed by atoms with Gasteiger partial charge in [-0.15, -0.1) is 0 Å². The van der Waals surface area contributed by atoms with Crippen LogP contribution >= 0.6 is 0 Å². The van der Waals surface area contributed by atoms with E-state index >= 15 is 0 Å². The van der Waals surface area contributed by atoms with E-state index < -0.39 is 0 Å². The number of furan rings is 1. The van der Waals surface area contributed by atoms with Gasteiger partial charge in [0.1, 0.15) is 5.52 Å². The molecular formula is C19H19N3O4. The van der Waals surface area contributed by atoms with Crippen molar-refractivity contribution in [3.8, 4) is 0 Å². The highest BCUT2D eigenvalue weighted by Crippen LogP contribution is 2.18. The summed E-state index contributed by atoms with van der Waals surface area (Å²) in [5.74, 6) is 0.861. The van der Waals surface area contributed by atoms with Crippen molar-refractivity contribution in [3.63, 3.8) is 0 Å². The highest BCUT2D eigenvalue weighted by molar-refractivity contribution is 5.91. The highest BCUT2D eigenvalue weighted by atomic mass is 16.3. The number of fused-ring (bicyclic) bond motifs is 1. The monoisotopic (exact) mass is 353 g/mol. The lowest BCUT2D eigenvalue weighted by atomic mass is 10.1. The maximum absolute atomic E-state index is 12.6. The molecule has 3 aromatic rings. The SMILES string of the molecule is Cc1nc2ccc(CC(=O)N3CCN(C(=O)c4ccco4)CC3)cc2o1. The van der Waals surface area contributed by atoms with E-state index in [1.807, 2.05) is 18.2 Å². The Morgan fingerprint density at radius 1 is 1.12 bits per heavy atom. The van der Waals surface area contributed by atoms with E-state index in [0.29, 0.717) is 49.8 Å². The first-order chi connectivity index (χ1) is 12.6. The van der Waals surface area contributed by atoms with Crippen LogP contribution in [0.15, 0.2) is 45.4 Å². The zero-order valence-corrected chi connectivity index (χ0v) is 14.5. The molecule has 0 saturated carbocycles. The third kappa shape index (κ3) is 3.20. The van der Waals surface area contributed by atoms with Crippen LogP contribution in [0.5, 0.6) is 0 Å². The molecule has 2 amide bonds. The molecule has 0 aliphatic carbocycles. The number of hydrogen-bond donors (Lipinski definition) is 0. The first-order valence-corrected chi connectivity index (χ1v) is 8.57. The number of oxazole rings is 1. The molecule has 0 bridgehead atoms. The van der Waals surface area contributed by atoms with Crippen molar-refractivity contribution in [2.24, 2.45) is 0 Å². The minimum Gasteiger partial charge on any atom is -0.459 e. The highest BCUT2D eigenvalue weighted by Gasteiger charge is 2.26. The molecule has 1 aromatic carbocycles. The zero-order chi connectivity index (χ0) is 18.1. The standard InChI is InChI=1S/C19H19N3O4/c1-13-20-15-5-4-14(11-17(15)26-13)12-18(23)21-6-8-22(9-7-21)19(24)16-3-2-10-25-16/h2-5,10-11H,6-9,12H2,1H3. The van der Waals surface area contributed by atoms with Crippen LogP contribution in [0.25, 0.3) is 11.1 Å². The summed E-state index contributed by atoms with van der Waals surface area (Å²) < 4.78 is 10.7. The van der Waals surface area contributed by atoms with E-state index in [0.717, 1.165) is 11.1 Å². The smallest absolute Gasteiger partial charge is 0.289 e. The van der Waals surface area contributed by atoms with Gasteiger partial charge in [0.15, 0.2) is 17.2 Å². The van der Waals surface area contributed by atoms with Crippen LogP contribution in [0.1, 0.15) is 22.0 Å². The molecule has 2 aromatic heterocycles. The number of hydrogen-bond acceptors (Lipinski definition) is 5. The fraction of sp³-hybridized carbons (Fsp3) is 0.316. The van der Waals surface area contributed by atoms with Gasteiger partial charge in [-0.25, -0.2) is 4.98 Å². The molecular weight excluding hydrogens is 334 g/mol. The average molecular weight is 353 g/mol. The van der Waals surface area contributed by atoms with Crippen molar-refractivity contribution in [1.82, 2.24) is 14.8 Å². The Hall–Kier alpha value is -3.09. The van der Waals surface area contributed by atoms with E-state index in [2.05, 4.69) is 4.98 Å². The van der Waals surface area contributed by atoms with Crippen LogP contribution in [-0.4, -0.2) is 52.8 Å². The van der Waals surface area contributed by atoms with Gasteiger partial charge in [-0.1, -0.05) is 6.07 Å². The Kier molecular flexibility index (Phi) is 4.20. The van der Waals surface area contributed by atoms with Crippen molar-refractivity contribution in [3.05, 3.63) is 53.8 Å². The lowest BCUT2D eigenvalue weighted by Gasteiger charge is -2.34.